The van der Waals surface area contributed by atoms with Crippen molar-refractivity contribution in [3.63, 3.8) is 0 Å². The first-order valence-corrected chi connectivity index (χ1v) is 8.15. The number of benzene rings is 1. The topological polar surface area (TPSA) is 89.3 Å². The highest BCUT2D eigenvalue weighted by atomic mass is 35.5. The lowest BCUT2D eigenvalue weighted by Gasteiger charge is -2.13. The van der Waals surface area contributed by atoms with E-state index in [1.807, 2.05) is 0 Å². The standard InChI is InChI=1S/C11H14Cl2N2O3S/c1-6(5-19(2,17)18)15-11(16)7-3-8(12)10(13)9(14)4-7/h3-4,6H,5,14H2,1-2H3,(H,15,16). The van der Waals surface area contributed by atoms with Gasteiger partial charge in [0.05, 0.1) is 21.5 Å². The molecule has 1 rings (SSSR count). The summed E-state index contributed by atoms with van der Waals surface area (Å²) in [5.41, 5.74) is 6.02. The summed E-state index contributed by atoms with van der Waals surface area (Å²) >= 11 is 11.6. The average molecular weight is 325 g/mol. The van der Waals surface area contributed by atoms with Crippen LogP contribution < -0.4 is 11.1 Å². The molecule has 0 heterocycles. The molecule has 5 nitrogen and oxygen atoms in total. The Morgan fingerprint density at radius 2 is 2.00 bits per heavy atom. The van der Waals surface area contributed by atoms with Crippen LogP contribution in [-0.4, -0.2) is 32.4 Å². The molecule has 0 saturated heterocycles. The molecule has 0 bridgehead atoms. The smallest absolute Gasteiger partial charge is 0.251 e. The summed E-state index contributed by atoms with van der Waals surface area (Å²) < 4.78 is 22.2. The van der Waals surface area contributed by atoms with Gasteiger partial charge in [-0.15, -0.1) is 0 Å². The number of rotatable bonds is 4. The van der Waals surface area contributed by atoms with Gasteiger partial charge in [-0.3, -0.25) is 4.79 Å². The summed E-state index contributed by atoms with van der Waals surface area (Å²) in [4.78, 5) is 11.9. The maximum absolute atomic E-state index is 11.9. The van der Waals surface area contributed by atoms with Gasteiger partial charge >= 0.3 is 0 Å². The molecule has 0 spiro atoms. The number of hydrogen-bond donors (Lipinski definition) is 2. The molecule has 19 heavy (non-hydrogen) atoms. The van der Waals surface area contributed by atoms with Crippen molar-refractivity contribution >= 4 is 44.6 Å². The number of amides is 1. The zero-order chi connectivity index (χ0) is 14.8. The third kappa shape index (κ3) is 4.89. The second kappa shape index (κ2) is 5.98. The van der Waals surface area contributed by atoms with E-state index in [4.69, 9.17) is 28.9 Å². The predicted molar refractivity (Wildman–Crippen MR) is 77.5 cm³/mol. The van der Waals surface area contributed by atoms with Crippen LogP contribution in [0.3, 0.4) is 0 Å². The number of nitrogens with one attached hydrogen (secondary N) is 1. The average Bonchev–Trinajstić information content (AvgIpc) is 2.22. The van der Waals surface area contributed by atoms with Crippen LogP contribution in [-0.2, 0) is 9.84 Å². The van der Waals surface area contributed by atoms with Gasteiger partial charge in [-0.1, -0.05) is 23.2 Å². The first-order chi connectivity index (χ1) is 8.60. The minimum absolute atomic E-state index is 0.143. The van der Waals surface area contributed by atoms with E-state index < -0.39 is 21.8 Å². The fourth-order valence-electron chi connectivity index (χ4n) is 1.54. The van der Waals surface area contributed by atoms with Gasteiger partial charge in [0.15, 0.2) is 0 Å². The third-order valence-electron chi connectivity index (χ3n) is 2.25. The first-order valence-electron chi connectivity index (χ1n) is 5.33. The van der Waals surface area contributed by atoms with Crippen LogP contribution in [0.1, 0.15) is 17.3 Å². The van der Waals surface area contributed by atoms with E-state index in [2.05, 4.69) is 5.32 Å². The molecule has 1 unspecified atom stereocenters. The maximum atomic E-state index is 11.9. The van der Waals surface area contributed by atoms with Gasteiger partial charge in [-0.2, -0.15) is 0 Å². The molecule has 1 aromatic carbocycles. The minimum Gasteiger partial charge on any atom is -0.397 e. The lowest BCUT2D eigenvalue weighted by molar-refractivity contribution is 0.0943. The molecule has 1 amide bonds. The largest absolute Gasteiger partial charge is 0.397 e. The van der Waals surface area contributed by atoms with Gasteiger partial charge in [0, 0.05) is 17.9 Å². The maximum Gasteiger partial charge on any atom is 0.251 e. The molecule has 0 radical (unpaired) electrons. The van der Waals surface area contributed by atoms with Crippen molar-refractivity contribution in [2.45, 2.75) is 13.0 Å². The van der Waals surface area contributed by atoms with E-state index in [0.29, 0.717) is 0 Å². The molecule has 1 aromatic rings. The van der Waals surface area contributed by atoms with E-state index in [0.717, 1.165) is 6.26 Å². The van der Waals surface area contributed by atoms with Crippen LogP contribution in [0.15, 0.2) is 12.1 Å². The number of carbonyl (C=O) groups is 1. The highest BCUT2D eigenvalue weighted by Crippen LogP contribution is 2.29. The van der Waals surface area contributed by atoms with Crippen LogP contribution in [0.4, 0.5) is 5.69 Å². The van der Waals surface area contributed by atoms with Crippen molar-refractivity contribution < 1.29 is 13.2 Å². The molecule has 106 valence electrons. The fourth-order valence-corrected chi connectivity index (χ4v) is 2.87. The van der Waals surface area contributed by atoms with Gasteiger partial charge in [0.25, 0.3) is 5.91 Å². The summed E-state index contributed by atoms with van der Waals surface area (Å²) in [5, 5.41) is 2.90. The SMILES string of the molecule is CC(CS(C)(=O)=O)NC(=O)c1cc(N)c(Cl)c(Cl)c1. The van der Waals surface area contributed by atoms with Crippen molar-refractivity contribution in [2.24, 2.45) is 0 Å². The zero-order valence-electron chi connectivity index (χ0n) is 10.4. The van der Waals surface area contributed by atoms with Crippen LogP contribution in [0.2, 0.25) is 10.0 Å². The molecule has 0 fully saturated rings. The molecule has 0 aliphatic heterocycles. The number of nitrogens with two attached hydrogens (primary N) is 1. The van der Waals surface area contributed by atoms with Crippen molar-refractivity contribution in [3.8, 4) is 0 Å². The highest BCUT2D eigenvalue weighted by Gasteiger charge is 2.16. The summed E-state index contributed by atoms with van der Waals surface area (Å²) in [7, 11) is -3.16. The molecule has 0 aliphatic carbocycles. The summed E-state index contributed by atoms with van der Waals surface area (Å²) in [6.07, 6.45) is 1.10. The number of sulfone groups is 1. The molecule has 8 heteroatoms. The summed E-state index contributed by atoms with van der Waals surface area (Å²) in [5.74, 6) is -0.600. The molecule has 1 atom stereocenters. The van der Waals surface area contributed by atoms with E-state index in [9.17, 15) is 13.2 Å². The Bertz CT molecular complexity index is 579. The van der Waals surface area contributed by atoms with Crippen molar-refractivity contribution in [2.75, 3.05) is 17.7 Å². The Balaban J connectivity index is 2.85. The normalized spacial score (nSPS) is 13.1. The highest BCUT2D eigenvalue weighted by molar-refractivity contribution is 7.90. The second-order valence-corrected chi connectivity index (χ2v) is 7.30. The number of anilines is 1. The fraction of sp³-hybridized carbons (Fsp3) is 0.364. The van der Waals surface area contributed by atoms with Crippen molar-refractivity contribution in [1.82, 2.24) is 5.32 Å². The lowest BCUT2D eigenvalue weighted by Crippen LogP contribution is -2.37. The van der Waals surface area contributed by atoms with E-state index in [1.54, 1.807) is 6.92 Å². The van der Waals surface area contributed by atoms with E-state index in [1.165, 1.54) is 12.1 Å². The van der Waals surface area contributed by atoms with Gasteiger partial charge in [0.2, 0.25) is 0 Å². The molecule has 0 aromatic heterocycles. The first kappa shape index (κ1) is 16.1. The monoisotopic (exact) mass is 324 g/mol. The van der Waals surface area contributed by atoms with E-state index >= 15 is 0 Å². The Labute approximate surface area is 122 Å². The van der Waals surface area contributed by atoms with Crippen LogP contribution in [0, 0.1) is 0 Å². The molecular weight excluding hydrogens is 311 g/mol. The van der Waals surface area contributed by atoms with Crippen LogP contribution >= 0.6 is 23.2 Å². The van der Waals surface area contributed by atoms with Crippen LogP contribution in [0.5, 0.6) is 0 Å². The second-order valence-electron chi connectivity index (χ2n) is 4.33. The Hall–Kier alpha value is -0.980. The van der Waals surface area contributed by atoms with Gasteiger partial charge in [-0.25, -0.2) is 8.42 Å². The number of halogens is 2. The van der Waals surface area contributed by atoms with Gasteiger partial charge < -0.3 is 11.1 Å². The van der Waals surface area contributed by atoms with Crippen molar-refractivity contribution in [1.29, 1.82) is 0 Å². The number of nitrogen functional groups attached to an aromatic ring is 1. The Morgan fingerprint density at radius 3 is 2.47 bits per heavy atom. The minimum atomic E-state index is -3.16. The molecule has 0 saturated carbocycles. The Morgan fingerprint density at radius 1 is 1.42 bits per heavy atom. The number of hydrogen-bond acceptors (Lipinski definition) is 4. The summed E-state index contributed by atoms with van der Waals surface area (Å²) in [6, 6.07) is 2.25. The zero-order valence-corrected chi connectivity index (χ0v) is 12.7. The van der Waals surface area contributed by atoms with Crippen molar-refractivity contribution in [3.05, 3.63) is 27.7 Å². The molecular formula is C11H14Cl2N2O3S. The lowest BCUT2D eigenvalue weighted by atomic mass is 10.2. The quantitative estimate of drug-likeness (QED) is 0.825. The van der Waals surface area contributed by atoms with Crippen LogP contribution in [0.25, 0.3) is 0 Å². The van der Waals surface area contributed by atoms with Gasteiger partial charge in [-0.05, 0) is 19.1 Å². The predicted octanol–water partition coefficient (Wildman–Crippen LogP) is 1.74. The van der Waals surface area contributed by atoms with E-state index in [-0.39, 0.29) is 27.0 Å². The van der Waals surface area contributed by atoms with Gasteiger partial charge in [0.1, 0.15) is 9.84 Å². The summed E-state index contributed by atoms with van der Waals surface area (Å²) in [6.45, 7) is 1.60. The molecule has 0 aliphatic rings. The Kier molecular flexibility index (Phi) is 5.06. The third-order valence-corrected chi connectivity index (χ3v) is 4.17. The molecule has 3 N–H and O–H groups in total. The number of carbonyl (C=O) groups excluding carboxylic acids is 1.